The normalized spacial score (nSPS) is 13.4. The van der Waals surface area contributed by atoms with Crippen molar-refractivity contribution >= 4 is 34.3 Å². The van der Waals surface area contributed by atoms with Gasteiger partial charge < -0.3 is 15.6 Å². The molecular formula is C26H30N6O2S. The first-order valence-corrected chi connectivity index (χ1v) is 12.4. The Labute approximate surface area is 208 Å². The molecular weight excluding hydrogens is 460 g/mol. The number of aromatic amines is 1. The Kier molecular flexibility index (Phi) is 6.98. The van der Waals surface area contributed by atoms with Gasteiger partial charge in [-0.1, -0.05) is 26.8 Å². The van der Waals surface area contributed by atoms with Gasteiger partial charge in [0.1, 0.15) is 5.52 Å². The van der Waals surface area contributed by atoms with Gasteiger partial charge in [-0.3, -0.25) is 14.6 Å². The number of H-pyrrole nitrogens is 1. The topological polar surface area (TPSA) is 113 Å². The minimum Gasteiger partial charge on any atom is -0.349 e. The zero-order valence-electron chi connectivity index (χ0n) is 20.5. The van der Waals surface area contributed by atoms with Gasteiger partial charge in [-0.15, -0.1) is 11.3 Å². The molecule has 0 bridgehead atoms. The van der Waals surface area contributed by atoms with Crippen molar-refractivity contribution in [3.8, 4) is 10.6 Å². The summed E-state index contributed by atoms with van der Waals surface area (Å²) < 4.78 is 0. The number of nitrogens with zero attached hydrogens (tertiary/aromatic N) is 3. The van der Waals surface area contributed by atoms with Crippen LogP contribution in [0.25, 0.3) is 21.7 Å². The highest BCUT2D eigenvalue weighted by Gasteiger charge is 2.24. The van der Waals surface area contributed by atoms with Crippen LogP contribution in [0.15, 0.2) is 48.9 Å². The minimum atomic E-state index is -0.196. The number of hydrogen-bond acceptors (Lipinski definition) is 6. The molecule has 0 saturated carbocycles. The molecule has 0 aliphatic carbocycles. The van der Waals surface area contributed by atoms with Gasteiger partial charge in [0.15, 0.2) is 5.65 Å². The maximum absolute atomic E-state index is 12.9. The lowest BCUT2D eigenvalue weighted by Crippen LogP contribution is -2.41. The molecule has 3 N–H and O–H groups in total. The Morgan fingerprint density at radius 2 is 1.86 bits per heavy atom. The zero-order chi connectivity index (χ0) is 25.2. The third-order valence-corrected chi connectivity index (χ3v) is 7.08. The Hall–Kier alpha value is -3.59. The lowest BCUT2D eigenvalue weighted by Gasteiger charge is -2.27. The average Bonchev–Trinajstić information content (AvgIpc) is 3.46. The van der Waals surface area contributed by atoms with E-state index in [1.165, 1.54) is 11.3 Å². The summed E-state index contributed by atoms with van der Waals surface area (Å²) in [4.78, 5) is 43.5. The van der Waals surface area contributed by atoms with Crippen LogP contribution in [-0.2, 0) is 6.42 Å². The molecule has 2 amide bonds. The summed E-state index contributed by atoms with van der Waals surface area (Å²) >= 11 is 1.34. The van der Waals surface area contributed by atoms with Gasteiger partial charge in [-0.2, -0.15) is 0 Å². The van der Waals surface area contributed by atoms with E-state index in [9.17, 15) is 9.59 Å². The largest absolute Gasteiger partial charge is 0.349 e. The number of amides is 2. The number of rotatable bonds is 7. The minimum absolute atomic E-state index is 0.0190. The van der Waals surface area contributed by atoms with Gasteiger partial charge in [0.05, 0.1) is 27.2 Å². The Morgan fingerprint density at radius 3 is 2.57 bits per heavy atom. The van der Waals surface area contributed by atoms with Crippen LogP contribution in [0, 0.1) is 5.41 Å². The SMILES string of the molecule is CC(Cc1ccccn1)NC(=O)c1ccc(-c2cnc3[nH]cc(C(=O)NC(C)C(C)(C)C)c3n2)s1. The summed E-state index contributed by atoms with van der Waals surface area (Å²) in [5.41, 5.74) is 2.97. The quantitative estimate of drug-likeness (QED) is 0.350. The zero-order valence-corrected chi connectivity index (χ0v) is 21.4. The maximum atomic E-state index is 12.9. The molecule has 0 fully saturated rings. The second-order valence-corrected chi connectivity index (χ2v) is 10.9. The highest BCUT2D eigenvalue weighted by atomic mass is 32.1. The van der Waals surface area contributed by atoms with Crippen molar-refractivity contribution in [1.82, 2.24) is 30.6 Å². The first kappa shape index (κ1) is 24.5. The van der Waals surface area contributed by atoms with E-state index in [1.807, 2.05) is 38.1 Å². The molecule has 0 aromatic carbocycles. The predicted octanol–water partition coefficient (Wildman–Crippen LogP) is 4.61. The molecule has 9 heteroatoms. The Balaban J connectivity index is 1.49. The molecule has 4 rings (SSSR count). The number of hydrogen-bond donors (Lipinski definition) is 3. The van der Waals surface area contributed by atoms with E-state index in [0.717, 1.165) is 10.6 Å². The molecule has 182 valence electrons. The van der Waals surface area contributed by atoms with Gasteiger partial charge >= 0.3 is 0 Å². The summed E-state index contributed by atoms with van der Waals surface area (Å²) in [5.74, 6) is -0.338. The number of aromatic nitrogens is 4. The van der Waals surface area contributed by atoms with Crippen molar-refractivity contribution in [1.29, 1.82) is 0 Å². The highest BCUT2D eigenvalue weighted by Crippen LogP contribution is 2.28. The smallest absolute Gasteiger partial charge is 0.261 e. The van der Waals surface area contributed by atoms with Crippen molar-refractivity contribution in [3.05, 3.63) is 65.1 Å². The maximum Gasteiger partial charge on any atom is 0.261 e. The number of thiophene rings is 1. The van der Waals surface area contributed by atoms with Gasteiger partial charge in [0.2, 0.25) is 0 Å². The molecule has 0 radical (unpaired) electrons. The van der Waals surface area contributed by atoms with Gasteiger partial charge in [0, 0.05) is 36.6 Å². The fourth-order valence-corrected chi connectivity index (χ4v) is 4.31. The number of pyridine rings is 1. The number of carbonyl (C=O) groups is 2. The first-order chi connectivity index (χ1) is 16.6. The number of nitrogens with one attached hydrogen (secondary N) is 3. The van der Waals surface area contributed by atoms with Crippen LogP contribution in [0.1, 0.15) is 60.3 Å². The monoisotopic (exact) mass is 490 g/mol. The summed E-state index contributed by atoms with van der Waals surface area (Å²) in [6.07, 6.45) is 5.68. The molecule has 0 aliphatic rings. The summed E-state index contributed by atoms with van der Waals surface area (Å²) in [7, 11) is 0. The fourth-order valence-electron chi connectivity index (χ4n) is 3.45. The average molecular weight is 491 g/mol. The summed E-state index contributed by atoms with van der Waals surface area (Å²) in [6.45, 7) is 10.2. The van der Waals surface area contributed by atoms with E-state index in [2.05, 4.69) is 46.4 Å². The number of fused-ring (bicyclic) bond motifs is 1. The van der Waals surface area contributed by atoms with Crippen LogP contribution in [0.5, 0.6) is 0 Å². The molecule has 0 spiro atoms. The second-order valence-electron chi connectivity index (χ2n) is 9.78. The third-order valence-electron chi connectivity index (χ3n) is 5.97. The molecule has 0 saturated heterocycles. The first-order valence-electron chi connectivity index (χ1n) is 11.6. The lowest BCUT2D eigenvalue weighted by atomic mass is 9.88. The molecule has 2 atom stereocenters. The van der Waals surface area contributed by atoms with Crippen molar-refractivity contribution in [2.45, 2.75) is 53.1 Å². The molecule has 8 nitrogen and oxygen atoms in total. The lowest BCUT2D eigenvalue weighted by molar-refractivity contribution is 0.0909. The van der Waals surface area contributed by atoms with Crippen LogP contribution in [0.4, 0.5) is 0 Å². The highest BCUT2D eigenvalue weighted by molar-refractivity contribution is 7.17. The van der Waals surface area contributed by atoms with Crippen molar-refractivity contribution in [2.24, 2.45) is 5.41 Å². The molecule has 4 aromatic heterocycles. The van der Waals surface area contributed by atoms with Crippen LogP contribution in [-0.4, -0.2) is 43.8 Å². The number of carbonyl (C=O) groups excluding carboxylic acids is 2. The Bertz CT molecular complexity index is 1340. The fraction of sp³-hybridized carbons (Fsp3) is 0.346. The van der Waals surface area contributed by atoms with Crippen molar-refractivity contribution in [3.63, 3.8) is 0 Å². The van der Waals surface area contributed by atoms with E-state index in [0.29, 0.717) is 33.7 Å². The van der Waals surface area contributed by atoms with E-state index in [1.54, 1.807) is 24.7 Å². The summed E-state index contributed by atoms with van der Waals surface area (Å²) in [5, 5.41) is 6.07. The molecule has 0 aliphatic heterocycles. The van der Waals surface area contributed by atoms with E-state index >= 15 is 0 Å². The van der Waals surface area contributed by atoms with Crippen LogP contribution >= 0.6 is 11.3 Å². The third kappa shape index (κ3) is 5.74. The molecule has 2 unspecified atom stereocenters. The standard InChI is InChI=1S/C26H30N6O2S/c1-15(12-17-8-6-7-11-27-17)30-25(34)21-10-9-20(35-21)19-14-29-23-22(32-19)18(13-28-23)24(33)31-16(2)26(3,4)5/h6-11,13-16H,12H2,1-5H3,(H,28,29)(H,30,34)(H,31,33). The summed E-state index contributed by atoms with van der Waals surface area (Å²) in [6, 6.07) is 9.31. The van der Waals surface area contributed by atoms with E-state index in [4.69, 9.17) is 4.98 Å². The van der Waals surface area contributed by atoms with Crippen LogP contribution in [0.3, 0.4) is 0 Å². The van der Waals surface area contributed by atoms with Gasteiger partial charge in [0.25, 0.3) is 11.8 Å². The van der Waals surface area contributed by atoms with Crippen LogP contribution in [0.2, 0.25) is 0 Å². The van der Waals surface area contributed by atoms with Crippen molar-refractivity contribution < 1.29 is 9.59 Å². The molecule has 4 heterocycles. The second kappa shape index (κ2) is 9.95. The van der Waals surface area contributed by atoms with Gasteiger partial charge in [-0.25, -0.2) is 9.97 Å². The molecule has 35 heavy (non-hydrogen) atoms. The van der Waals surface area contributed by atoms with Crippen LogP contribution < -0.4 is 10.6 Å². The van der Waals surface area contributed by atoms with Crippen molar-refractivity contribution in [2.75, 3.05) is 0 Å². The Morgan fingerprint density at radius 1 is 1.06 bits per heavy atom. The van der Waals surface area contributed by atoms with Gasteiger partial charge in [-0.05, 0) is 43.5 Å². The predicted molar refractivity (Wildman–Crippen MR) is 138 cm³/mol. The van der Waals surface area contributed by atoms with E-state index in [-0.39, 0.29) is 29.3 Å². The molecule has 4 aromatic rings. The van der Waals surface area contributed by atoms with E-state index < -0.39 is 0 Å².